The summed E-state index contributed by atoms with van der Waals surface area (Å²) < 4.78 is 6.91. The van der Waals surface area contributed by atoms with Crippen molar-refractivity contribution >= 4 is 27.3 Å². The number of halogens is 1. The van der Waals surface area contributed by atoms with Crippen molar-refractivity contribution in [3.05, 3.63) is 20.8 Å². The second-order valence-electron chi connectivity index (χ2n) is 4.96. The summed E-state index contributed by atoms with van der Waals surface area (Å²) in [5, 5.41) is 10.4. The fraction of sp³-hybridized carbons (Fsp3) is 0.692. The van der Waals surface area contributed by atoms with E-state index in [0.29, 0.717) is 5.92 Å². The molecule has 0 aromatic carbocycles. The van der Waals surface area contributed by atoms with Gasteiger partial charge in [0.25, 0.3) is 0 Å². The highest BCUT2D eigenvalue weighted by Gasteiger charge is 2.41. The van der Waals surface area contributed by atoms with Crippen molar-refractivity contribution in [2.24, 2.45) is 11.8 Å². The van der Waals surface area contributed by atoms with Crippen molar-refractivity contribution < 1.29 is 9.84 Å². The number of aliphatic hydroxyl groups excluding tert-OH is 1. The maximum atomic E-state index is 10.4. The van der Waals surface area contributed by atoms with Gasteiger partial charge in [-0.05, 0) is 47.8 Å². The molecule has 1 aliphatic heterocycles. The maximum absolute atomic E-state index is 10.4. The number of hydrogen-bond donors (Lipinski definition) is 1. The van der Waals surface area contributed by atoms with Gasteiger partial charge in [-0.1, -0.05) is 6.92 Å². The molecule has 1 aromatic rings. The lowest BCUT2D eigenvalue weighted by atomic mass is 9.83. The van der Waals surface area contributed by atoms with Gasteiger partial charge >= 0.3 is 0 Å². The Kier molecular flexibility index (Phi) is 4.29. The van der Waals surface area contributed by atoms with Crippen LogP contribution in [0.1, 0.15) is 25.6 Å². The molecule has 5 unspecified atom stereocenters. The SMILES string of the molecule is CC1OC(C)C(C(O)Cc2ccc(Br)s2)C1C. The zero-order chi connectivity index (χ0) is 12.6. The lowest BCUT2D eigenvalue weighted by molar-refractivity contribution is 0.0242. The van der Waals surface area contributed by atoms with Crippen LogP contribution < -0.4 is 0 Å². The van der Waals surface area contributed by atoms with E-state index in [-0.39, 0.29) is 24.2 Å². The quantitative estimate of drug-likeness (QED) is 0.924. The van der Waals surface area contributed by atoms with Crippen LogP contribution in [0.4, 0.5) is 0 Å². The highest BCUT2D eigenvalue weighted by molar-refractivity contribution is 9.11. The first-order valence-corrected chi connectivity index (χ1v) is 7.67. The van der Waals surface area contributed by atoms with Crippen LogP contribution in [0.3, 0.4) is 0 Å². The van der Waals surface area contributed by atoms with Gasteiger partial charge in [-0.15, -0.1) is 11.3 Å². The fourth-order valence-corrected chi connectivity index (χ4v) is 4.29. The third kappa shape index (κ3) is 2.92. The summed E-state index contributed by atoms with van der Waals surface area (Å²) in [5.41, 5.74) is 0. The smallest absolute Gasteiger partial charge is 0.0701 e. The zero-order valence-corrected chi connectivity index (χ0v) is 12.8. The minimum Gasteiger partial charge on any atom is -0.392 e. The molecule has 2 nitrogen and oxygen atoms in total. The number of hydrogen-bond acceptors (Lipinski definition) is 3. The highest BCUT2D eigenvalue weighted by atomic mass is 79.9. The summed E-state index contributed by atoms with van der Waals surface area (Å²) in [6, 6.07) is 4.11. The van der Waals surface area contributed by atoms with Crippen LogP contribution in [0.25, 0.3) is 0 Å². The highest BCUT2D eigenvalue weighted by Crippen LogP contribution is 2.36. The van der Waals surface area contributed by atoms with Crippen LogP contribution in [0.2, 0.25) is 0 Å². The lowest BCUT2D eigenvalue weighted by Gasteiger charge is -2.24. The Balaban J connectivity index is 2.02. The molecule has 4 heteroatoms. The van der Waals surface area contributed by atoms with E-state index in [2.05, 4.69) is 42.8 Å². The molecule has 0 aliphatic carbocycles. The molecule has 1 saturated heterocycles. The second-order valence-corrected chi connectivity index (χ2v) is 7.51. The molecule has 1 N–H and O–H groups in total. The van der Waals surface area contributed by atoms with Gasteiger partial charge in [0.1, 0.15) is 0 Å². The zero-order valence-electron chi connectivity index (χ0n) is 10.4. The van der Waals surface area contributed by atoms with E-state index in [1.165, 1.54) is 4.88 Å². The van der Waals surface area contributed by atoms with E-state index >= 15 is 0 Å². The molecule has 2 rings (SSSR count). The van der Waals surface area contributed by atoms with Crippen molar-refractivity contribution in [2.75, 3.05) is 0 Å². The van der Waals surface area contributed by atoms with Gasteiger partial charge in [-0.2, -0.15) is 0 Å². The molecular formula is C13H19BrO2S. The average molecular weight is 319 g/mol. The summed E-state index contributed by atoms with van der Waals surface area (Å²) >= 11 is 5.15. The summed E-state index contributed by atoms with van der Waals surface area (Å²) in [5.74, 6) is 0.661. The monoisotopic (exact) mass is 318 g/mol. The van der Waals surface area contributed by atoms with Crippen molar-refractivity contribution in [1.29, 1.82) is 0 Å². The number of rotatable bonds is 3. The number of ether oxygens (including phenoxy) is 1. The van der Waals surface area contributed by atoms with Crippen molar-refractivity contribution in [3.63, 3.8) is 0 Å². The summed E-state index contributed by atoms with van der Waals surface area (Å²) in [7, 11) is 0. The average Bonchev–Trinajstić information content (AvgIpc) is 2.73. The van der Waals surface area contributed by atoms with E-state index < -0.39 is 0 Å². The molecule has 1 aliphatic rings. The molecule has 2 heterocycles. The van der Waals surface area contributed by atoms with Crippen LogP contribution in [-0.2, 0) is 11.2 Å². The molecule has 0 bridgehead atoms. The van der Waals surface area contributed by atoms with E-state index in [0.717, 1.165) is 10.2 Å². The van der Waals surface area contributed by atoms with Gasteiger partial charge in [0.05, 0.1) is 22.1 Å². The fourth-order valence-electron chi connectivity index (χ4n) is 2.76. The molecule has 96 valence electrons. The van der Waals surface area contributed by atoms with E-state index in [1.807, 2.05) is 6.07 Å². The van der Waals surface area contributed by atoms with E-state index in [9.17, 15) is 5.11 Å². The minimum atomic E-state index is -0.310. The Labute approximate surface area is 115 Å². The third-order valence-corrected chi connectivity index (χ3v) is 5.45. The van der Waals surface area contributed by atoms with Crippen LogP contribution in [-0.4, -0.2) is 23.4 Å². The van der Waals surface area contributed by atoms with Crippen LogP contribution in [0.5, 0.6) is 0 Å². The Bertz CT molecular complexity index is 379. The lowest BCUT2D eigenvalue weighted by Crippen LogP contribution is -2.32. The molecule has 5 atom stereocenters. The van der Waals surface area contributed by atoms with Gasteiger partial charge in [0.15, 0.2) is 0 Å². The van der Waals surface area contributed by atoms with Crippen LogP contribution in [0, 0.1) is 11.8 Å². The van der Waals surface area contributed by atoms with Gasteiger partial charge in [-0.3, -0.25) is 0 Å². The Morgan fingerprint density at radius 3 is 2.53 bits per heavy atom. The van der Waals surface area contributed by atoms with Gasteiger partial charge in [-0.25, -0.2) is 0 Å². The molecule has 17 heavy (non-hydrogen) atoms. The van der Waals surface area contributed by atoms with Gasteiger partial charge in [0.2, 0.25) is 0 Å². The molecule has 0 amide bonds. The topological polar surface area (TPSA) is 29.5 Å². The number of thiophene rings is 1. The van der Waals surface area contributed by atoms with Gasteiger partial charge in [0, 0.05) is 17.2 Å². The Hall–Kier alpha value is 0.1000. The van der Waals surface area contributed by atoms with Crippen molar-refractivity contribution in [1.82, 2.24) is 0 Å². The standard InChI is InChI=1S/C13H19BrO2S/c1-7-8(2)16-9(3)13(7)11(15)6-10-4-5-12(14)17-10/h4-5,7-9,11,13,15H,6H2,1-3H3. The van der Waals surface area contributed by atoms with Crippen molar-refractivity contribution in [2.45, 2.75) is 45.5 Å². The Morgan fingerprint density at radius 2 is 2.06 bits per heavy atom. The van der Waals surface area contributed by atoms with E-state index in [1.54, 1.807) is 11.3 Å². The molecule has 0 spiro atoms. The van der Waals surface area contributed by atoms with Crippen LogP contribution in [0.15, 0.2) is 15.9 Å². The first-order chi connectivity index (χ1) is 7.99. The molecule has 0 radical (unpaired) electrons. The Morgan fingerprint density at radius 1 is 1.35 bits per heavy atom. The summed E-state index contributed by atoms with van der Waals surface area (Å²) in [6.07, 6.45) is 0.819. The van der Waals surface area contributed by atoms with Crippen LogP contribution >= 0.6 is 27.3 Å². The van der Waals surface area contributed by atoms with E-state index in [4.69, 9.17) is 4.74 Å². The molecule has 1 fully saturated rings. The predicted octanol–water partition coefficient (Wildman–Crippen LogP) is 3.47. The second kappa shape index (κ2) is 5.39. The molecule has 0 saturated carbocycles. The number of aliphatic hydroxyl groups is 1. The molecule has 1 aromatic heterocycles. The molecular weight excluding hydrogens is 300 g/mol. The predicted molar refractivity (Wildman–Crippen MR) is 74.4 cm³/mol. The summed E-state index contributed by atoms with van der Waals surface area (Å²) in [4.78, 5) is 1.23. The third-order valence-electron chi connectivity index (χ3n) is 3.80. The van der Waals surface area contributed by atoms with Crippen molar-refractivity contribution in [3.8, 4) is 0 Å². The largest absolute Gasteiger partial charge is 0.392 e. The first-order valence-electron chi connectivity index (χ1n) is 6.06. The normalized spacial score (nSPS) is 35.1. The summed E-state index contributed by atoms with van der Waals surface area (Å²) in [6.45, 7) is 6.33. The first kappa shape index (κ1) is 13.5. The van der Waals surface area contributed by atoms with Gasteiger partial charge < -0.3 is 9.84 Å². The maximum Gasteiger partial charge on any atom is 0.0701 e. The minimum absolute atomic E-state index is 0.151.